The van der Waals surface area contributed by atoms with Crippen LogP contribution in [-0.2, 0) is 11.8 Å². The summed E-state index contributed by atoms with van der Waals surface area (Å²) in [5, 5.41) is 0.717. The Bertz CT molecular complexity index is 575. The SMILES string of the molecule is CCc1cc2c(=O)[nH]c(C(C)(C)C)nc2s1. The van der Waals surface area contributed by atoms with E-state index in [-0.39, 0.29) is 11.0 Å². The number of aryl methyl sites for hydroxylation is 1. The van der Waals surface area contributed by atoms with Crippen LogP contribution >= 0.6 is 11.3 Å². The molecule has 3 nitrogen and oxygen atoms in total. The van der Waals surface area contributed by atoms with E-state index in [4.69, 9.17) is 0 Å². The molecule has 16 heavy (non-hydrogen) atoms. The van der Waals surface area contributed by atoms with Crippen molar-refractivity contribution < 1.29 is 0 Å². The summed E-state index contributed by atoms with van der Waals surface area (Å²) in [6, 6.07) is 1.94. The Morgan fingerprint density at radius 3 is 2.69 bits per heavy atom. The summed E-state index contributed by atoms with van der Waals surface area (Å²) in [6.07, 6.45) is 0.950. The Morgan fingerprint density at radius 2 is 2.12 bits per heavy atom. The third-order valence-corrected chi connectivity index (χ3v) is 3.69. The summed E-state index contributed by atoms with van der Waals surface area (Å²) in [4.78, 5) is 21.4. The van der Waals surface area contributed by atoms with Crippen molar-refractivity contribution >= 4 is 21.6 Å². The van der Waals surface area contributed by atoms with Crippen molar-refractivity contribution in [3.8, 4) is 0 Å². The van der Waals surface area contributed by atoms with Gasteiger partial charge in [0.1, 0.15) is 10.7 Å². The van der Waals surface area contributed by atoms with Gasteiger partial charge in [0.2, 0.25) is 0 Å². The summed E-state index contributed by atoms with van der Waals surface area (Å²) in [7, 11) is 0. The van der Waals surface area contributed by atoms with Crippen LogP contribution in [0.15, 0.2) is 10.9 Å². The van der Waals surface area contributed by atoms with Gasteiger partial charge in [-0.25, -0.2) is 4.98 Å². The molecule has 86 valence electrons. The maximum absolute atomic E-state index is 11.9. The number of nitrogens with zero attached hydrogens (tertiary/aromatic N) is 1. The number of hydrogen-bond donors (Lipinski definition) is 1. The van der Waals surface area contributed by atoms with E-state index in [2.05, 4.69) is 16.9 Å². The molecule has 0 aromatic carbocycles. The van der Waals surface area contributed by atoms with Crippen LogP contribution in [0, 0.1) is 0 Å². The van der Waals surface area contributed by atoms with Gasteiger partial charge in [0.15, 0.2) is 0 Å². The van der Waals surface area contributed by atoms with Crippen molar-refractivity contribution in [1.29, 1.82) is 0 Å². The average molecular weight is 236 g/mol. The van der Waals surface area contributed by atoms with Gasteiger partial charge in [-0.3, -0.25) is 4.79 Å². The lowest BCUT2D eigenvalue weighted by Gasteiger charge is -2.16. The Balaban J connectivity index is 2.72. The van der Waals surface area contributed by atoms with E-state index in [1.54, 1.807) is 11.3 Å². The van der Waals surface area contributed by atoms with Crippen LogP contribution in [0.3, 0.4) is 0 Å². The lowest BCUT2D eigenvalue weighted by atomic mass is 9.96. The molecule has 2 aromatic rings. The Hall–Kier alpha value is -1.16. The highest BCUT2D eigenvalue weighted by Gasteiger charge is 2.18. The highest BCUT2D eigenvalue weighted by Crippen LogP contribution is 2.24. The summed E-state index contributed by atoms with van der Waals surface area (Å²) in [5.74, 6) is 0.759. The first-order valence-corrected chi connectivity index (χ1v) is 6.26. The van der Waals surface area contributed by atoms with Gasteiger partial charge in [-0.1, -0.05) is 27.7 Å². The van der Waals surface area contributed by atoms with Gasteiger partial charge in [0.05, 0.1) is 5.39 Å². The molecule has 0 amide bonds. The van der Waals surface area contributed by atoms with Crippen LogP contribution < -0.4 is 5.56 Å². The highest BCUT2D eigenvalue weighted by molar-refractivity contribution is 7.18. The second-order valence-corrected chi connectivity index (χ2v) is 6.06. The summed E-state index contributed by atoms with van der Waals surface area (Å²) in [5.41, 5.74) is -0.144. The standard InChI is InChI=1S/C12H16N2OS/c1-5-7-6-8-9(15)13-11(12(2,3)4)14-10(8)16-7/h6H,5H2,1-4H3,(H,13,14,15). The van der Waals surface area contributed by atoms with Crippen LogP contribution in [0.5, 0.6) is 0 Å². The molecular weight excluding hydrogens is 220 g/mol. The summed E-state index contributed by atoms with van der Waals surface area (Å²) >= 11 is 1.61. The first-order valence-electron chi connectivity index (χ1n) is 5.45. The molecule has 0 atom stereocenters. The highest BCUT2D eigenvalue weighted by atomic mass is 32.1. The third kappa shape index (κ3) is 1.89. The molecule has 0 spiro atoms. The van der Waals surface area contributed by atoms with E-state index in [1.807, 2.05) is 26.8 Å². The lowest BCUT2D eigenvalue weighted by Crippen LogP contribution is -2.21. The van der Waals surface area contributed by atoms with Crippen molar-refractivity contribution in [2.45, 2.75) is 39.5 Å². The second kappa shape index (κ2) is 3.70. The van der Waals surface area contributed by atoms with E-state index in [0.717, 1.165) is 22.5 Å². The van der Waals surface area contributed by atoms with Gasteiger partial charge in [0.25, 0.3) is 5.56 Å². The fourth-order valence-corrected chi connectivity index (χ4v) is 2.48. The molecule has 0 bridgehead atoms. The van der Waals surface area contributed by atoms with Gasteiger partial charge in [-0.15, -0.1) is 11.3 Å². The normalized spacial score (nSPS) is 12.2. The van der Waals surface area contributed by atoms with E-state index < -0.39 is 0 Å². The maximum Gasteiger partial charge on any atom is 0.259 e. The number of nitrogens with one attached hydrogen (secondary N) is 1. The zero-order valence-electron chi connectivity index (χ0n) is 10.0. The molecule has 2 aromatic heterocycles. The zero-order valence-corrected chi connectivity index (χ0v) is 10.9. The summed E-state index contributed by atoms with van der Waals surface area (Å²) < 4.78 is 0. The molecule has 0 aliphatic carbocycles. The molecule has 0 saturated heterocycles. The molecular formula is C12H16N2OS. The smallest absolute Gasteiger partial charge is 0.259 e. The first-order chi connectivity index (χ1) is 7.41. The van der Waals surface area contributed by atoms with Gasteiger partial charge in [-0.05, 0) is 12.5 Å². The van der Waals surface area contributed by atoms with Gasteiger partial charge >= 0.3 is 0 Å². The molecule has 0 unspecified atom stereocenters. The number of H-pyrrole nitrogens is 1. The fourth-order valence-electron chi connectivity index (χ4n) is 1.51. The average Bonchev–Trinajstić information content (AvgIpc) is 2.59. The van der Waals surface area contributed by atoms with Gasteiger partial charge < -0.3 is 4.98 Å². The topological polar surface area (TPSA) is 45.8 Å². The molecule has 2 heterocycles. The number of rotatable bonds is 1. The fraction of sp³-hybridized carbons (Fsp3) is 0.500. The van der Waals surface area contributed by atoms with Crippen LogP contribution in [0.25, 0.3) is 10.2 Å². The monoisotopic (exact) mass is 236 g/mol. The van der Waals surface area contributed by atoms with Crippen molar-refractivity contribution in [2.75, 3.05) is 0 Å². The number of thiophene rings is 1. The predicted octanol–water partition coefficient (Wildman–Crippen LogP) is 2.84. The largest absolute Gasteiger partial charge is 0.309 e. The number of hydrogen-bond acceptors (Lipinski definition) is 3. The van der Waals surface area contributed by atoms with Crippen LogP contribution in [-0.4, -0.2) is 9.97 Å². The zero-order chi connectivity index (χ0) is 11.9. The first kappa shape index (κ1) is 11.3. The molecule has 0 radical (unpaired) electrons. The van der Waals surface area contributed by atoms with Crippen molar-refractivity contribution in [2.24, 2.45) is 0 Å². The van der Waals surface area contributed by atoms with Gasteiger partial charge in [-0.2, -0.15) is 0 Å². The predicted molar refractivity (Wildman–Crippen MR) is 68.3 cm³/mol. The van der Waals surface area contributed by atoms with Crippen LogP contribution in [0.1, 0.15) is 38.4 Å². The minimum atomic E-state index is -0.121. The number of aromatic nitrogens is 2. The number of aromatic amines is 1. The molecule has 1 N–H and O–H groups in total. The molecule has 0 fully saturated rings. The third-order valence-electron chi connectivity index (χ3n) is 2.51. The van der Waals surface area contributed by atoms with E-state index in [1.165, 1.54) is 4.88 Å². The van der Waals surface area contributed by atoms with Crippen molar-refractivity contribution in [3.63, 3.8) is 0 Å². The molecule has 0 aliphatic heterocycles. The van der Waals surface area contributed by atoms with Crippen LogP contribution in [0.4, 0.5) is 0 Å². The molecule has 4 heteroatoms. The Kier molecular flexibility index (Phi) is 2.62. The van der Waals surface area contributed by atoms with E-state index in [0.29, 0.717) is 0 Å². The molecule has 0 aliphatic rings. The number of fused-ring (bicyclic) bond motifs is 1. The molecule has 0 saturated carbocycles. The Labute approximate surface area is 98.5 Å². The molecule has 2 rings (SSSR count). The van der Waals surface area contributed by atoms with E-state index >= 15 is 0 Å². The maximum atomic E-state index is 11.9. The minimum absolute atomic E-state index is 0.0223. The quantitative estimate of drug-likeness (QED) is 0.827. The van der Waals surface area contributed by atoms with Crippen LogP contribution in [0.2, 0.25) is 0 Å². The minimum Gasteiger partial charge on any atom is -0.309 e. The second-order valence-electron chi connectivity index (χ2n) is 4.95. The lowest BCUT2D eigenvalue weighted by molar-refractivity contribution is 0.546. The Morgan fingerprint density at radius 1 is 1.44 bits per heavy atom. The van der Waals surface area contributed by atoms with E-state index in [9.17, 15) is 4.79 Å². The van der Waals surface area contributed by atoms with Crippen molar-refractivity contribution in [1.82, 2.24) is 9.97 Å². The van der Waals surface area contributed by atoms with Gasteiger partial charge in [0, 0.05) is 10.3 Å². The summed E-state index contributed by atoms with van der Waals surface area (Å²) in [6.45, 7) is 8.23. The van der Waals surface area contributed by atoms with Crippen molar-refractivity contribution in [3.05, 3.63) is 27.1 Å².